The topological polar surface area (TPSA) is 23.3 Å². The summed E-state index contributed by atoms with van der Waals surface area (Å²) in [5, 5.41) is 1.88. The van der Waals surface area contributed by atoms with Crippen molar-refractivity contribution in [3.63, 3.8) is 0 Å². The molecule has 2 aliphatic carbocycles. The van der Waals surface area contributed by atoms with Crippen molar-refractivity contribution >= 4 is 38.6 Å². The van der Waals surface area contributed by atoms with Gasteiger partial charge >= 0.3 is 35.6 Å². The quantitative estimate of drug-likeness (QED) is 0.194. The average molecular weight is 600 g/mol. The summed E-state index contributed by atoms with van der Waals surface area (Å²) in [5.41, 5.74) is 0.992. The molecule has 1 aliphatic heterocycles. The first-order valence-electron chi connectivity index (χ1n) is 14.2. The Morgan fingerprint density at radius 3 is 2.14 bits per heavy atom. The van der Waals surface area contributed by atoms with Crippen molar-refractivity contribution in [1.82, 2.24) is 0 Å². The molecule has 0 radical (unpaired) electrons. The first kappa shape index (κ1) is 33.0. The number of hydrogen-bond acceptors (Lipinski definition) is 2. The van der Waals surface area contributed by atoms with Crippen LogP contribution in [0.15, 0.2) is 0 Å². The zero-order chi connectivity index (χ0) is 26.4. The maximum atomic E-state index is 5.94. The van der Waals surface area contributed by atoms with Gasteiger partial charge in [0.2, 0.25) is 0 Å². The predicted molar refractivity (Wildman–Crippen MR) is 158 cm³/mol. The fraction of sp³-hybridized carbons (Fsp3) is 1.00. The first-order valence-corrected chi connectivity index (χ1v) is 22.2. The summed E-state index contributed by atoms with van der Waals surface area (Å²) in [6.45, 7) is 22.4. The molecule has 1 heterocycles. The molecule has 0 N–H and O–H groups in total. The van der Waals surface area contributed by atoms with Crippen molar-refractivity contribution in [2.24, 2.45) is 23.7 Å². The Labute approximate surface area is 240 Å². The van der Waals surface area contributed by atoms with Crippen LogP contribution in [-0.2, 0) is 21.8 Å². The molecular formula is C28H54Cl2NOSSiTi-. The minimum absolute atomic E-state index is 0.000801. The Hall–Kier alpha value is 1.78. The minimum atomic E-state index is -1.74. The van der Waals surface area contributed by atoms with Gasteiger partial charge in [0.1, 0.15) is 0 Å². The molecule has 8 atom stereocenters. The molecule has 0 spiro atoms. The van der Waals surface area contributed by atoms with Crippen LogP contribution in [0.25, 0.3) is 4.98 Å². The standard InChI is InChI=1S/C28H54NOSSi.2ClH.Ti/c1-20-21(2)26(24-22-16-12-13-17-23(22)31-25(20)24)32(9,29-27(3,4)5)19-15-11-10-14-18-30-28(6,7)8;;;/h20-26H,10-19H2,1-9H3;2*1H;/q-1;;;+2/p-2. The molecule has 206 valence electrons. The van der Waals surface area contributed by atoms with Gasteiger partial charge in [0.05, 0.1) is 5.60 Å². The Bertz CT molecular complexity index is 629. The van der Waals surface area contributed by atoms with Gasteiger partial charge in [-0.3, -0.25) is 0 Å². The van der Waals surface area contributed by atoms with Gasteiger partial charge in [0.15, 0.2) is 0 Å². The fourth-order valence-corrected chi connectivity index (χ4v) is 15.8. The molecule has 1 saturated heterocycles. The zero-order valence-corrected chi connectivity index (χ0v) is 29.0. The van der Waals surface area contributed by atoms with Crippen LogP contribution in [0, 0.1) is 23.7 Å². The van der Waals surface area contributed by atoms with E-state index in [1.54, 1.807) is 0 Å². The molecule has 7 heteroatoms. The van der Waals surface area contributed by atoms with Crippen molar-refractivity contribution in [2.45, 2.75) is 147 Å². The molecule has 3 aliphatic rings. The fourth-order valence-electron chi connectivity index (χ4n) is 7.55. The van der Waals surface area contributed by atoms with Crippen molar-refractivity contribution in [3.8, 4) is 0 Å². The van der Waals surface area contributed by atoms with Crippen LogP contribution in [0.2, 0.25) is 18.1 Å². The summed E-state index contributed by atoms with van der Waals surface area (Å²) in [4.78, 5) is 5.78. The second-order valence-electron chi connectivity index (χ2n) is 13.7. The predicted octanol–water partition coefficient (Wildman–Crippen LogP) is 10.4. The third kappa shape index (κ3) is 9.73. The van der Waals surface area contributed by atoms with Gasteiger partial charge in [-0.15, -0.1) is 5.54 Å². The molecule has 2 nitrogen and oxygen atoms in total. The van der Waals surface area contributed by atoms with Crippen LogP contribution in [0.1, 0.15) is 107 Å². The molecule has 0 bridgehead atoms. The van der Waals surface area contributed by atoms with Gasteiger partial charge in [-0.2, -0.15) is 11.8 Å². The van der Waals surface area contributed by atoms with Crippen LogP contribution in [0.5, 0.6) is 0 Å². The summed E-state index contributed by atoms with van der Waals surface area (Å²) in [6.07, 6.45) is 11.2. The second-order valence-corrected chi connectivity index (χ2v) is 21.9. The van der Waals surface area contributed by atoms with E-state index in [9.17, 15) is 0 Å². The first-order chi connectivity index (χ1) is 16.2. The second kappa shape index (κ2) is 14.4. The number of fused-ring (bicyclic) bond motifs is 3. The monoisotopic (exact) mass is 598 g/mol. The number of rotatable bonds is 9. The molecule has 8 unspecified atom stereocenters. The Kier molecular flexibility index (Phi) is 13.6. The van der Waals surface area contributed by atoms with E-state index in [1.165, 1.54) is 57.4 Å². The van der Waals surface area contributed by atoms with E-state index in [0.29, 0.717) is 0 Å². The van der Waals surface area contributed by atoms with Gasteiger partial charge in [0.25, 0.3) is 0 Å². The Balaban J connectivity index is 0.00000137. The van der Waals surface area contributed by atoms with E-state index in [-0.39, 0.29) is 11.1 Å². The number of halogens is 2. The molecular weight excluding hydrogens is 545 g/mol. The molecule has 0 aromatic rings. The van der Waals surface area contributed by atoms with Crippen molar-refractivity contribution in [1.29, 1.82) is 0 Å². The SMILES string of the molecule is CC1C(C)C([Si](C)(CCCCCCOC(C)(C)C)[N-]C(C)(C)C)C2C3CCCCC3SC12.[Cl][Ti][Cl]. The van der Waals surface area contributed by atoms with Crippen LogP contribution in [0.4, 0.5) is 0 Å². The summed E-state index contributed by atoms with van der Waals surface area (Å²) in [6, 6.07) is 1.40. The average Bonchev–Trinajstić information content (AvgIpc) is 3.21. The number of thioether (sulfide) groups is 1. The van der Waals surface area contributed by atoms with Gasteiger partial charge in [0, 0.05) is 17.1 Å². The number of unbranched alkanes of at least 4 members (excludes halogenated alkanes) is 3. The molecule has 3 rings (SSSR count). The zero-order valence-electron chi connectivity index (χ0n) is 24.1. The number of nitrogens with zero attached hydrogens (tertiary/aromatic N) is 1. The van der Waals surface area contributed by atoms with E-state index >= 15 is 0 Å². The van der Waals surface area contributed by atoms with Crippen LogP contribution >= 0.6 is 30.4 Å². The molecule has 35 heavy (non-hydrogen) atoms. The normalized spacial score (nSPS) is 34.4. The summed E-state index contributed by atoms with van der Waals surface area (Å²) >= 11 is 1.87. The molecule has 0 amide bonds. The van der Waals surface area contributed by atoms with Gasteiger partial charge in [-0.25, -0.2) is 0 Å². The Morgan fingerprint density at radius 2 is 1.54 bits per heavy atom. The van der Waals surface area contributed by atoms with Crippen LogP contribution in [0.3, 0.4) is 0 Å². The summed E-state index contributed by atoms with van der Waals surface area (Å²) < 4.78 is 5.94. The van der Waals surface area contributed by atoms with Crippen LogP contribution in [-0.4, -0.2) is 36.5 Å². The van der Waals surface area contributed by atoms with Crippen molar-refractivity contribution in [2.75, 3.05) is 6.61 Å². The third-order valence-electron chi connectivity index (χ3n) is 8.71. The number of ether oxygens (including phenoxy) is 1. The van der Waals surface area contributed by atoms with E-state index in [1.807, 2.05) is 0 Å². The molecule has 2 saturated carbocycles. The Morgan fingerprint density at radius 1 is 0.943 bits per heavy atom. The van der Waals surface area contributed by atoms with Crippen molar-refractivity contribution < 1.29 is 21.8 Å². The molecule has 0 aromatic heterocycles. The third-order valence-corrected chi connectivity index (χ3v) is 15.6. The summed E-state index contributed by atoms with van der Waals surface area (Å²) in [7, 11) is 8.04. The van der Waals surface area contributed by atoms with E-state index < -0.39 is 25.3 Å². The van der Waals surface area contributed by atoms with Gasteiger partial charge in [-0.05, 0) is 63.7 Å². The van der Waals surface area contributed by atoms with Crippen molar-refractivity contribution in [3.05, 3.63) is 4.98 Å². The van der Waals surface area contributed by atoms with E-state index in [0.717, 1.165) is 46.3 Å². The van der Waals surface area contributed by atoms with E-state index in [2.05, 4.69) is 73.7 Å². The van der Waals surface area contributed by atoms with Crippen LogP contribution < -0.4 is 0 Å². The van der Waals surface area contributed by atoms with Gasteiger partial charge in [-0.1, -0.05) is 93.1 Å². The molecule has 0 aromatic carbocycles. The van der Waals surface area contributed by atoms with Gasteiger partial charge < -0.3 is 9.72 Å². The number of hydrogen-bond donors (Lipinski definition) is 0. The molecule has 3 fully saturated rings. The summed E-state index contributed by atoms with van der Waals surface area (Å²) in [5.74, 6) is 3.67. The van der Waals surface area contributed by atoms with E-state index in [4.69, 9.17) is 28.3 Å². The maximum absolute atomic E-state index is 5.94.